The summed E-state index contributed by atoms with van der Waals surface area (Å²) in [7, 11) is 0. The van der Waals surface area contributed by atoms with Crippen molar-refractivity contribution >= 4 is 17.5 Å². The van der Waals surface area contributed by atoms with Gasteiger partial charge in [-0.2, -0.15) is 0 Å². The molecule has 3 rings (SSSR count). The van der Waals surface area contributed by atoms with Crippen molar-refractivity contribution in [3.05, 3.63) is 47.0 Å². The number of amides is 2. The third kappa shape index (κ3) is 5.28. The van der Waals surface area contributed by atoms with Crippen LogP contribution in [0.2, 0.25) is 0 Å². The van der Waals surface area contributed by atoms with Crippen LogP contribution in [-0.4, -0.2) is 28.4 Å². The van der Waals surface area contributed by atoms with Crippen LogP contribution in [0.1, 0.15) is 49.0 Å². The van der Waals surface area contributed by atoms with Crippen LogP contribution in [0.3, 0.4) is 0 Å². The molecule has 0 saturated carbocycles. The molecule has 28 heavy (non-hydrogen) atoms. The van der Waals surface area contributed by atoms with Gasteiger partial charge in [-0.25, -0.2) is 9.97 Å². The van der Waals surface area contributed by atoms with Gasteiger partial charge in [-0.3, -0.25) is 9.59 Å². The van der Waals surface area contributed by atoms with Crippen molar-refractivity contribution in [3.63, 3.8) is 0 Å². The number of carbonyl (C=O) groups excluding carboxylic acids is 2. The summed E-state index contributed by atoms with van der Waals surface area (Å²) in [5.41, 5.74) is 4.10. The molecular formula is C21H26N4O3. The second kappa shape index (κ2) is 9.30. The summed E-state index contributed by atoms with van der Waals surface area (Å²) in [4.78, 5) is 32.6. The molecule has 2 aromatic rings. The zero-order chi connectivity index (χ0) is 19.9. The van der Waals surface area contributed by atoms with Gasteiger partial charge in [-0.1, -0.05) is 6.92 Å². The number of rotatable bonds is 7. The van der Waals surface area contributed by atoms with Crippen molar-refractivity contribution < 1.29 is 14.3 Å². The molecule has 7 heteroatoms. The Kier molecular flexibility index (Phi) is 6.57. The summed E-state index contributed by atoms with van der Waals surface area (Å²) in [6.07, 6.45) is 4.80. The Hall–Kier alpha value is -2.96. The van der Waals surface area contributed by atoms with Crippen LogP contribution in [0.15, 0.2) is 24.3 Å². The van der Waals surface area contributed by atoms with Crippen LogP contribution in [-0.2, 0) is 29.0 Å². The fraction of sp³-hybridized carbons (Fsp3) is 0.429. The molecule has 0 atom stereocenters. The van der Waals surface area contributed by atoms with Crippen LogP contribution < -0.4 is 15.4 Å². The zero-order valence-electron chi connectivity index (χ0n) is 16.4. The minimum atomic E-state index is -0.234. The summed E-state index contributed by atoms with van der Waals surface area (Å²) in [5, 5.41) is 5.56. The van der Waals surface area contributed by atoms with Crippen molar-refractivity contribution in [1.29, 1.82) is 0 Å². The largest absolute Gasteiger partial charge is 0.484 e. The molecule has 0 spiro atoms. The van der Waals surface area contributed by atoms with Gasteiger partial charge in [0.1, 0.15) is 11.6 Å². The maximum Gasteiger partial charge on any atom is 0.258 e. The smallest absolute Gasteiger partial charge is 0.258 e. The topological polar surface area (TPSA) is 93.2 Å². The van der Waals surface area contributed by atoms with Gasteiger partial charge >= 0.3 is 0 Å². The van der Waals surface area contributed by atoms with E-state index in [0.29, 0.717) is 23.7 Å². The minimum absolute atomic E-state index is 0.0484. The predicted molar refractivity (Wildman–Crippen MR) is 106 cm³/mol. The molecule has 0 aliphatic heterocycles. The van der Waals surface area contributed by atoms with E-state index in [1.807, 2.05) is 6.92 Å². The fourth-order valence-electron chi connectivity index (χ4n) is 3.18. The number of ether oxygens (including phenoxy) is 1. The van der Waals surface area contributed by atoms with Crippen molar-refractivity contribution in [1.82, 2.24) is 15.3 Å². The lowest BCUT2D eigenvalue weighted by molar-refractivity contribution is -0.123. The van der Waals surface area contributed by atoms with E-state index in [4.69, 9.17) is 4.74 Å². The first-order chi connectivity index (χ1) is 13.5. The summed E-state index contributed by atoms with van der Waals surface area (Å²) in [5.74, 6) is 0.919. The summed E-state index contributed by atoms with van der Waals surface area (Å²) < 4.78 is 5.49. The summed E-state index contributed by atoms with van der Waals surface area (Å²) in [6, 6.07) is 6.91. The third-order valence-corrected chi connectivity index (χ3v) is 4.71. The molecule has 148 valence electrons. The second-order valence-electron chi connectivity index (χ2n) is 6.85. The van der Waals surface area contributed by atoms with Crippen LogP contribution in [0.25, 0.3) is 0 Å². The lowest BCUT2D eigenvalue weighted by Gasteiger charge is -2.17. The Balaban J connectivity index is 1.47. The zero-order valence-corrected chi connectivity index (χ0v) is 16.4. The number of aromatic nitrogens is 2. The molecule has 0 bridgehead atoms. The number of nitrogens with zero attached hydrogens (tertiary/aromatic N) is 2. The van der Waals surface area contributed by atoms with Crippen molar-refractivity contribution in [2.45, 2.75) is 52.5 Å². The normalized spacial score (nSPS) is 12.8. The van der Waals surface area contributed by atoms with Gasteiger partial charge < -0.3 is 15.4 Å². The number of benzene rings is 1. The van der Waals surface area contributed by atoms with E-state index < -0.39 is 0 Å². The van der Waals surface area contributed by atoms with Gasteiger partial charge in [-0.05, 0) is 62.4 Å². The maximum atomic E-state index is 12.1. The Morgan fingerprint density at radius 2 is 1.82 bits per heavy atom. The molecule has 0 fully saturated rings. The van der Waals surface area contributed by atoms with E-state index >= 15 is 0 Å². The lowest BCUT2D eigenvalue weighted by Crippen LogP contribution is -2.29. The number of aryl methyl sites for hydroxylation is 2. The summed E-state index contributed by atoms with van der Waals surface area (Å²) >= 11 is 0. The van der Waals surface area contributed by atoms with E-state index in [2.05, 4.69) is 20.6 Å². The molecule has 0 saturated heterocycles. The first kappa shape index (κ1) is 19.8. The first-order valence-electron chi connectivity index (χ1n) is 9.70. The molecule has 1 aromatic carbocycles. The van der Waals surface area contributed by atoms with Gasteiger partial charge in [0.15, 0.2) is 6.61 Å². The fourth-order valence-corrected chi connectivity index (χ4v) is 3.18. The number of hydrogen-bond acceptors (Lipinski definition) is 5. The standard InChI is InChI=1S/C21H26N4O3/c1-3-20(26)24-15-8-10-16(11-9-15)28-13-21(27)22-12-19-23-14(2)17-6-4-5-7-18(17)25-19/h8-11H,3-7,12-13H2,1-2H3,(H,22,27)(H,24,26). The number of anilines is 1. The molecule has 1 aliphatic carbocycles. The van der Waals surface area contributed by atoms with Crippen LogP contribution in [0, 0.1) is 6.92 Å². The van der Waals surface area contributed by atoms with Crippen molar-refractivity contribution in [2.24, 2.45) is 0 Å². The van der Waals surface area contributed by atoms with Crippen LogP contribution >= 0.6 is 0 Å². The average molecular weight is 382 g/mol. The number of fused-ring (bicyclic) bond motifs is 1. The Labute approximate surface area is 164 Å². The Morgan fingerprint density at radius 1 is 1.07 bits per heavy atom. The molecule has 2 N–H and O–H groups in total. The van der Waals surface area contributed by atoms with E-state index in [1.165, 1.54) is 12.0 Å². The number of hydrogen-bond donors (Lipinski definition) is 2. The third-order valence-electron chi connectivity index (χ3n) is 4.71. The molecule has 7 nitrogen and oxygen atoms in total. The van der Waals surface area contributed by atoms with Gasteiger partial charge in [0.25, 0.3) is 5.91 Å². The van der Waals surface area contributed by atoms with Gasteiger partial charge in [-0.15, -0.1) is 0 Å². The van der Waals surface area contributed by atoms with Gasteiger partial charge in [0.2, 0.25) is 5.91 Å². The summed E-state index contributed by atoms with van der Waals surface area (Å²) in [6.45, 7) is 4.00. The van der Waals surface area contributed by atoms with Crippen molar-refractivity contribution in [3.8, 4) is 5.75 Å². The van der Waals surface area contributed by atoms with Crippen LogP contribution in [0.5, 0.6) is 5.75 Å². The van der Waals surface area contributed by atoms with E-state index in [9.17, 15) is 9.59 Å². The van der Waals surface area contributed by atoms with E-state index in [1.54, 1.807) is 31.2 Å². The average Bonchev–Trinajstić information content (AvgIpc) is 2.71. The second-order valence-corrected chi connectivity index (χ2v) is 6.85. The molecule has 2 amide bonds. The lowest BCUT2D eigenvalue weighted by atomic mass is 9.95. The van der Waals surface area contributed by atoms with Gasteiger partial charge in [0, 0.05) is 23.5 Å². The highest BCUT2D eigenvalue weighted by molar-refractivity contribution is 5.90. The first-order valence-corrected chi connectivity index (χ1v) is 9.70. The quantitative estimate of drug-likeness (QED) is 0.768. The van der Waals surface area contributed by atoms with Crippen molar-refractivity contribution in [2.75, 3.05) is 11.9 Å². The SMILES string of the molecule is CCC(=O)Nc1ccc(OCC(=O)NCc2nc(C)c3c(n2)CCCC3)cc1. The molecule has 0 unspecified atom stereocenters. The number of nitrogens with one attached hydrogen (secondary N) is 2. The molecule has 1 heterocycles. The predicted octanol–water partition coefficient (Wildman–Crippen LogP) is 2.71. The molecule has 0 radical (unpaired) electrons. The van der Waals surface area contributed by atoms with E-state index in [-0.39, 0.29) is 25.0 Å². The highest BCUT2D eigenvalue weighted by Crippen LogP contribution is 2.21. The minimum Gasteiger partial charge on any atom is -0.484 e. The molecular weight excluding hydrogens is 356 g/mol. The maximum absolute atomic E-state index is 12.1. The Bertz CT molecular complexity index is 849. The Morgan fingerprint density at radius 3 is 2.57 bits per heavy atom. The molecule has 1 aliphatic rings. The highest BCUT2D eigenvalue weighted by atomic mass is 16.5. The van der Waals surface area contributed by atoms with Crippen LogP contribution in [0.4, 0.5) is 5.69 Å². The highest BCUT2D eigenvalue weighted by Gasteiger charge is 2.15. The monoisotopic (exact) mass is 382 g/mol. The van der Waals surface area contributed by atoms with Gasteiger partial charge in [0.05, 0.1) is 6.54 Å². The van der Waals surface area contributed by atoms with E-state index in [0.717, 1.165) is 30.7 Å². The molecule has 1 aromatic heterocycles. The number of carbonyl (C=O) groups is 2.